The SMILES string of the molecule is CCCN(C1CCC1)C1CNC1. The monoisotopic (exact) mass is 168 g/mol. The molecule has 1 saturated heterocycles. The van der Waals surface area contributed by atoms with Crippen molar-refractivity contribution in [3.63, 3.8) is 0 Å². The number of rotatable bonds is 4. The summed E-state index contributed by atoms with van der Waals surface area (Å²) >= 11 is 0. The molecule has 0 atom stereocenters. The fraction of sp³-hybridized carbons (Fsp3) is 1.00. The van der Waals surface area contributed by atoms with Crippen molar-refractivity contribution in [2.24, 2.45) is 0 Å². The van der Waals surface area contributed by atoms with Gasteiger partial charge in [-0.1, -0.05) is 13.3 Å². The summed E-state index contributed by atoms with van der Waals surface area (Å²) in [5.41, 5.74) is 0. The van der Waals surface area contributed by atoms with E-state index < -0.39 is 0 Å². The minimum absolute atomic E-state index is 0.871. The van der Waals surface area contributed by atoms with Gasteiger partial charge >= 0.3 is 0 Å². The van der Waals surface area contributed by atoms with E-state index in [9.17, 15) is 0 Å². The molecule has 0 radical (unpaired) electrons. The van der Waals surface area contributed by atoms with Crippen molar-refractivity contribution in [2.45, 2.75) is 44.7 Å². The smallest absolute Gasteiger partial charge is 0.0348 e. The number of nitrogens with zero attached hydrogens (tertiary/aromatic N) is 1. The van der Waals surface area contributed by atoms with E-state index in [2.05, 4.69) is 17.1 Å². The molecule has 2 nitrogen and oxygen atoms in total. The van der Waals surface area contributed by atoms with Crippen molar-refractivity contribution < 1.29 is 0 Å². The lowest BCUT2D eigenvalue weighted by atomic mass is 9.89. The maximum absolute atomic E-state index is 3.36. The molecule has 1 aliphatic carbocycles. The van der Waals surface area contributed by atoms with Crippen LogP contribution in [0.3, 0.4) is 0 Å². The van der Waals surface area contributed by atoms with Gasteiger partial charge in [0.1, 0.15) is 0 Å². The molecule has 2 aliphatic rings. The maximum Gasteiger partial charge on any atom is 0.0348 e. The van der Waals surface area contributed by atoms with Gasteiger partial charge in [-0.15, -0.1) is 0 Å². The molecule has 1 saturated carbocycles. The van der Waals surface area contributed by atoms with E-state index in [4.69, 9.17) is 0 Å². The standard InChI is InChI=1S/C10H20N2/c1-2-6-12(9-4-3-5-9)10-7-11-8-10/h9-11H,2-8H2,1H3. The summed E-state index contributed by atoms with van der Waals surface area (Å²) in [5.74, 6) is 0. The highest BCUT2D eigenvalue weighted by Gasteiger charge is 2.32. The largest absolute Gasteiger partial charge is 0.314 e. The quantitative estimate of drug-likeness (QED) is 0.679. The Balaban J connectivity index is 1.82. The predicted molar refractivity (Wildman–Crippen MR) is 51.3 cm³/mol. The molecule has 0 amide bonds. The van der Waals surface area contributed by atoms with Crippen molar-refractivity contribution in [3.05, 3.63) is 0 Å². The second-order valence-corrected chi connectivity index (χ2v) is 4.13. The molecular weight excluding hydrogens is 148 g/mol. The molecular formula is C10H20N2. The van der Waals surface area contributed by atoms with Crippen LogP contribution in [-0.4, -0.2) is 36.6 Å². The number of hydrogen-bond donors (Lipinski definition) is 1. The van der Waals surface area contributed by atoms with E-state index in [0.717, 1.165) is 12.1 Å². The van der Waals surface area contributed by atoms with Crippen molar-refractivity contribution in [3.8, 4) is 0 Å². The third kappa shape index (κ3) is 1.50. The summed E-state index contributed by atoms with van der Waals surface area (Å²) in [5, 5.41) is 3.36. The van der Waals surface area contributed by atoms with E-state index >= 15 is 0 Å². The highest BCUT2D eigenvalue weighted by molar-refractivity contribution is 4.91. The first-order chi connectivity index (χ1) is 5.92. The van der Waals surface area contributed by atoms with Crippen LogP contribution in [0.1, 0.15) is 32.6 Å². The average Bonchev–Trinajstić information content (AvgIpc) is 1.79. The summed E-state index contributed by atoms with van der Waals surface area (Å²) < 4.78 is 0. The molecule has 2 heteroatoms. The van der Waals surface area contributed by atoms with Crippen molar-refractivity contribution in [1.29, 1.82) is 0 Å². The second-order valence-electron chi connectivity index (χ2n) is 4.13. The summed E-state index contributed by atoms with van der Waals surface area (Å²) in [6, 6.07) is 1.81. The fourth-order valence-corrected chi connectivity index (χ4v) is 2.15. The summed E-state index contributed by atoms with van der Waals surface area (Å²) in [6.07, 6.45) is 5.69. The molecule has 2 rings (SSSR count). The highest BCUT2D eigenvalue weighted by atomic mass is 15.3. The van der Waals surface area contributed by atoms with Gasteiger partial charge < -0.3 is 5.32 Å². The minimum atomic E-state index is 0.871. The van der Waals surface area contributed by atoms with Gasteiger partial charge in [0.25, 0.3) is 0 Å². The molecule has 0 aromatic carbocycles. The molecule has 0 aromatic rings. The first-order valence-corrected chi connectivity index (χ1v) is 5.38. The van der Waals surface area contributed by atoms with Crippen molar-refractivity contribution >= 4 is 0 Å². The molecule has 12 heavy (non-hydrogen) atoms. The molecule has 70 valence electrons. The zero-order valence-electron chi connectivity index (χ0n) is 8.05. The molecule has 0 bridgehead atoms. The first kappa shape index (κ1) is 8.52. The maximum atomic E-state index is 3.36. The van der Waals surface area contributed by atoms with E-state index in [1.165, 1.54) is 45.3 Å². The normalized spacial score (nSPS) is 25.5. The Hall–Kier alpha value is -0.0800. The number of nitrogens with one attached hydrogen (secondary N) is 1. The average molecular weight is 168 g/mol. The second kappa shape index (κ2) is 3.75. The molecule has 2 fully saturated rings. The Morgan fingerprint density at radius 2 is 2.00 bits per heavy atom. The van der Waals surface area contributed by atoms with Crippen LogP contribution in [0.2, 0.25) is 0 Å². The minimum Gasteiger partial charge on any atom is -0.314 e. The van der Waals surface area contributed by atoms with Gasteiger partial charge in [-0.3, -0.25) is 4.90 Å². The fourth-order valence-electron chi connectivity index (χ4n) is 2.15. The summed E-state index contributed by atoms with van der Waals surface area (Å²) in [6.45, 7) is 6.07. The van der Waals surface area contributed by atoms with Crippen LogP contribution in [0, 0.1) is 0 Å². The highest BCUT2D eigenvalue weighted by Crippen LogP contribution is 2.27. The van der Waals surface area contributed by atoms with Gasteiger partial charge in [0, 0.05) is 25.2 Å². The van der Waals surface area contributed by atoms with Crippen LogP contribution in [0.15, 0.2) is 0 Å². The molecule has 0 aromatic heterocycles. The van der Waals surface area contributed by atoms with Crippen LogP contribution < -0.4 is 5.32 Å². The summed E-state index contributed by atoms with van der Waals surface area (Å²) in [7, 11) is 0. The lowest BCUT2D eigenvalue weighted by Gasteiger charge is -2.46. The first-order valence-electron chi connectivity index (χ1n) is 5.38. The molecule has 0 unspecified atom stereocenters. The third-order valence-electron chi connectivity index (χ3n) is 3.25. The lowest BCUT2D eigenvalue weighted by Crippen LogP contribution is -2.61. The molecule has 1 aliphatic heterocycles. The van der Waals surface area contributed by atoms with E-state index in [0.29, 0.717) is 0 Å². The van der Waals surface area contributed by atoms with Crippen molar-refractivity contribution in [1.82, 2.24) is 10.2 Å². The number of hydrogen-bond acceptors (Lipinski definition) is 2. The van der Waals surface area contributed by atoms with Gasteiger partial charge in [0.15, 0.2) is 0 Å². The van der Waals surface area contributed by atoms with E-state index in [1.54, 1.807) is 0 Å². The van der Waals surface area contributed by atoms with Crippen LogP contribution in [0.5, 0.6) is 0 Å². The Labute approximate surface area is 75.3 Å². The van der Waals surface area contributed by atoms with Gasteiger partial charge in [0.2, 0.25) is 0 Å². The van der Waals surface area contributed by atoms with Crippen LogP contribution in [0.25, 0.3) is 0 Å². The third-order valence-corrected chi connectivity index (χ3v) is 3.25. The Morgan fingerprint density at radius 3 is 2.33 bits per heavy atom. The lowest BCUT2D eigenvalue weighted by molar-refractivity contribution is 0.0531. The van der Waals surface area contributed by atoms with Gasteiger partial charge in [-0.2, -0.15) is 0 Å². The molecule has 0 spiro atoms. The van der Waals surface area contributed by atoms with E-state index in [1.807, 2.05) is 0 Å². The molecule has 1 heterocycles. The van der Waals surface area contributed by atoms with Crippen LogP contribution >= 0.6 is 0 Å². The summed E-state index contributed by atoms with van der Waals surface area (Å²) in [4.78, 5) is 2.74. The Bertz CT molecular complexity index is 125. The van der Waals surface area contributed by atoms with Crippen molar-refractivity contribution in [2.75, 3.05) is 19.6 Å². The zero-order valence-corrected chi connectivity index (χ0v) is 8.05. The topological polar surface area (TPSA) is 15.3 Å². The van der Waals surface area contributed by atoms with Gasteiger partial charge in [-0.25, -0.2) is 0 Å². The Morgan fingerprint density at radius 1 is 1.25 bits per heavy atom. The predicted octanol–water partition coefficient (Wildman–Crippen LogP) is 1.22. The van der Waals surface area contributed by atoms with Crippen LogP contribution in [-0.2, 0) is 0 Å². The van der Waals surface area contributed by atoms with Gasteiger partial charge in [-0.05, 0) is 25.8 Å². The van der Waals surface area contributed by atoms with Crippen LogP contribution in [0.4, 0.5) is 0 Å². The molecule has 1 N–H and O–H groups in total. The van der Waals surface area contributed by atoms with Gasteiger partial charge in [0.05, 0.1) is 0 Å². The zero-order chi connectivity index (χ0) is 8.39. The van der Waals surface area contributed by atoms with E-state index in [-0.39, 0.29) is 0 Å². The Kier molecular flexibility index (Phi) is 2.66.